The molecule has 134 valence electrons. The average molecular weight is 342 g/mol. The van der Waals surface area contributed by atoms with Crippen LogP contribution in [0.1, 0.15) is 44.1 Å². The van der Waals surface area contributed by atoms with E-state index in [1.807, 2.05) is 17.0 Å². The fourth-order valence-corrected chi connectivity index (χ4v) is 3.11. The number of rotatable bonds is 6. The van der Waals surface area contributed by atoms with Crippen LogP contribution in [0.3, 0.4) is 0 Å². The lowest BCUT2D eigenvalue weighted by Gasteiger charge is -2.15. The molecule has 25 heavy (non-hydrogen) atoms. The van der Waals surface area contributed by atoms with Crippen molar-refractivity contribution in [2.24, 2.45) is 11.7 Å². The van der Waals surface area contributed by atoms with Crippen LogP contribution >= 0.6 is 0 Å². The van der Waals surface area contributed by atoms with Gasteiger partial charge < -0.3 is 15.2 Å². The zero-order chi connectivity index (χ0) is 17.8. The third kappa shape index (κ3) is 4.25. The van der Waals surface area contributed by atoms with E-state index in [4.69, 9.17) is 10.3 Å². The van der Waals surface area contributed by atoms with E-state index in [1.165, 1.54) is 5.56 Å². The van der Waals surface area contributed by atoms with Gasteiger partial charge in [-0.3, -0.25) is 4.79 Å². The predicted molar refractivity (Wildman–Crippen MR) is 95.9 cm³/mol. The Labute approximate surface area is 148 Å². The maximum atomic E-state index is 12.3. The Bertz CT molecular complexity index is 708. The molecule has 0 radical (unpaired) electrons. The van der Waals surface area contributed by atoms with Crippen molar-refractivity contribution in [2.45, 2.75) is 39.0 Å². The van der Waals surface area contributed by atoms with Crippen LogP contribution in [0, 0.1) is 5.92 Å². The van der Waals surface area contributed by atoms with Gasteiger partial charge >= 0.3 is 0 Å². The van der Waals surface area contributed by atoms with E-state index >= 15 is 0 Å². The number of carbonyl (C=O) groups excluding carboxylic acids is 1. The van der Waals surface area contributed by atoms with Crippen molar-refractivity contribution in [2.75, 3.05) is 19.6 Å². The second-order valence-corrected chi connectivity index (χ2v) is 7.02. The highest BCUT2D eigenvalue weighted by atomic mass is 16.5. The summed E-state index contributed by atoms with van der Waals surface area (Å²) in [5, 5.41) is 4.03. The van der Waals surface area contributed by atoms with Crippen molar-refractivity contribution in [3.05, 3.63) is 35.7 Å². The highest BCUT2D eigenvalue weighted by molar-refractivity contribution is 5.76. The van der Waals surface area contributed by atoms with Crippen LogP contribution in [-0.4, -0.2) is 40.6 Å². The van der Waals surface area contributed by atoms with Gasteiger partial charge in [0.1, 0.15) is 0 Å². The second-order valence-electron chi connectivity index (χ2n) is 7.02. The van der Waals surface area contributed by atoms with Gasteiger partial charge in [0.15, 0.2) is 0 Å². The first-order valence-corrected chi connectivity index (χ1v) is 8.97. The molecule has 1 fully saturated rings. The molecule has 1 amide bonds. The van der Waals surface area contributed by atoms with Crippen molar-refractivity contribution in [1.29, 1.82) is 0 Å². The van der Waals surface area contributed by atoms with Gasteiger partial charge in [-0.1, -0.05) is 43.3 Å². The molecule has 1 aromatic carbocycles. The number of amides is 1. The van der Waals surface area contributed by atoms with Crippen molar-refractivity contribution in [3.63, 3.8) is 0 Å². The molecule has 2 N–H and O–H groups in total. The van der Waals surface area contributed by atoms with Gasteiger partial charge in [0.25, 0.3) is 0 Å². The Morgan fingerprint density at radius 1 is 1.36 bits per heavy atom. The fraction of sp³-hybridized carbons (Fsp3) is 0.526. The summed E-state index contributed by atoms with van der Waals surface area (Å²) >= 11 is 0. The van der Waals surface area contributed by atoms with Crippen LogP contribution < -0.4 is 5.73 Å². The molecular weight excluding hydrogens is 316 g/mol. The van der Waals surface area contributed by atoms with E-state index in [9.17, 15) is 4.79 Å². The maximum Gasteiger partial charge on any atom is 0.227 e. The lowest BCUT2D eigenvalue weighted by atomic mass is 10.0. The number of aryl methyl sites for hydroxylation is 1. The average Bonchev–Trinajstić information content (AvgIpc) is 3.29. The molecular formula is C19H26N4O2. The molecule has 6 nitrogen and oxygen atoms in total. The molecule has 3 rings (SSSR count). The topological polar surface area (TPSA) is 85.2 Å². The van der Waals surface area contributed by atoms with E-state index in [0.717, 1.165) is 25.1 Å². The minimum atomic E-state index is 0.136. The quantitative estimate of drug-likeness (QED) is 0.872. The third-order valence-corrected chi connectivity index (χ3v) is 4.83. The second kappa shape index (κ2) is 7.78. The van der Waals surface area contributed by atoms with E-state index in [0.29, 0.717) is 42.9 Å². The first-order valence-electron chi connectivity index (χ1n) is 8.97. The summed E-state index contributed by atoms with van der Waals surface area (Å²) in [5.74, 6) is 2.14. The summed E-state index contributed by atoms with van der Waals surface area (Å²) in [6, 6.07) is 8.18. The molecule has 1 aliphatic heterocycles. The van der Waals surface area contributed by atoms with Gasteiger partial charge in [-0.25, -0.2) is 0 Å². The molecule has 6 heteroatoms. The van der Waals surface area contributed by atoms with Gasteiger partial charge in [0, 0.05) is 31.5 Å². The Hall–Kier alpha value is -2.21. The molecule has 0 bridgehead atoms. The first-order chi connectivity index (χ1) is 12.1. The number of aromatic nitrogens is 2. The third-order valence-electron chi connectivity index (χ3n) is 4.83. The normalized spacial score (nSPS) is 17.4. The standard InChI is InChI=1S/C19H26N4O2/c1-13(2)15-3-5-16(6-4-15)19-21-17(25-22-19)7-8-18(24)23-10-9-14(11-20)12-23/h3-6,13-14H,7-12,20H2,1-2H3. The first kappa shape index (κ1) is 17.6. The summed E-state index contributed by atoms with van der Waals surface area (Å²) in [6.07, 6.45) is 1.87. The van der Waals surface area contributed by atoms with Crippen molar-refractivity contribution < 1.29 is 9.32 Å². The number of likely N-dealkylation sites (tertiary alicyclic amines) is 1. The number of benzene rings is 1. The van der Waals surface area contributed by atoms with E-state index < -0.39 is 0 Å². The smallest absolute Gasteiger partial charge is 0.227 e. The van der Waals surface area contributed by atoms with Crippen LogP contribution in [0.25, 0.3) is 11.4 Å². The van der Waals surface area contributed by atoms with Crippen LogP contribution in [-0.2, 0) is 11.2 Å². The molecule has 1 aromatic heterocycles. The molecule has 1 saturated heterocycles. The van der Waals surface area contributed by atoms with Gasteiger partial charge in [-0.05, 0) is 30.4 Å². The van der Waals surface area contributed by atoms with Crippen molar-refractivity contribution in [3.8, 4) is 11.4 Å². The lowest BCUT2D eigenvalue weighted by Crippen LogP contribution is -2.30. The summed E-state index contributed by atoms with van der Waals surface area (Å²) in [5.41, 5.74) is 7.88. The van der Waals surface area contributed by atoms with Gasteiger partial charge in [-0.2, -0.15) is 4.98 Å². The number of nitrogens with two attached hydrogens (primary N) is 1. The van der Waals surface area contributed by atoms with Gasteiger partial charge in [0.05, 0.1) is 0 Å². The summed E-state index contributed by atoms with van der Waals surface area (Å²) in [7, 11) is 0. The number of hydrogen-bond donors (Lipinski definition) is 1. The van der Waals surface area contributed by atoms with Crippen LogP contribution in [0.5, 0.6) is 0 Å². The summed E-state index contributed by atoms with van der Waals surface area (Å²) in [4.78, 5) is 18.6. The number of carbonyl (C=O) groups is 1. The molecule has 0 aliphatic carbocycles. The zero-order valence-electron chi connectivity index (χ0n) is 14.9. The lowest BCUT2D eigenvalue weighted by molar-refractivity contribution is -0.130. The Kier molecular flexibility index (Phi) is 5.48. The van der Waals surface area contributed by atoms with E-state index in [2.05, 4.69) is 36.1 Å². The molecule has 0 spiro atoms. The van der Waals surface area contributed by atoms with Gasteiger partial charge in [0.2, 0.25) is 17.6 Å². The Morgan fingerprint density at radius 2 is 2.12 bits per heavy atom. The van der Waals surface area contributed by atoms with Gasteiger partial charge in [-0.15, -0.1) is 0 Å². The molecule has 2 heterocycles. The zero-order valence-corrected chi connectivity index (χ0v) is 14.9. The molecule has 1 unspecified atom stereocenters. The Balaban J connectivity index is 1.56. The van der Waals surface area contributed by atoms with E-state index in [1.54, 1.807) is 0 Å². The Morgan fingerprint density at radius 3 is 2.76 bits per heavy atom. The summed E-state index contributed by atoms with van der Waals surface area (Å²) < 4.78 is 5.30. The highest BCUT2D eigenvalue weighted by Gasteiger charge is 2.25. The molecule has 1 aliphatic rings. The highest BCUT2D eigenvalue weighted by Crippen LogP contribution is 2.21. The maximum absolute atomic E-state index is 12.3. The molecule has 0 saturated carbocycles. The van der Waals surface area contributed by atoms with Crippen LogP contribution in [0.2, 0.25) is 0 Å². The van der Waals surface area contributed by atoms with Crippen molar-refractivity contribution in [1.82, 2.24) is 15.0 Å². The summed E-state index contributed by atoms with van der Waals surface area (Å²) in [6.45, 7) is 6.54. The monoisotopic (exact) mass is 342 g/mol. The van der Waals surface area contributed by atoms with Crippen LogP contribution in [0.15, 0.2) is 28.8 Å². The van der Waals surface area contributed by atoms with E-state index in [-0.39, 0.29) is 5.91 Å². The minimum absolute atomic E-state index is 0.136. The largest absolute Gasteiger partial charge is 0.342 e. The number of hydrogen-bond acceptors (Lipinski definition) is 5. The fourth-order valence-electron chi connectivity index (χ4n) is 3.11. The molecule has 2 aromatic rings. The predicted octanol–water partition coefficient (Wildman–Crippen LogP) is 2.60. The van der Waals surface area contributed by atoms with Crippen LogP contribution in [0.4, 0.5) is 0 Å². The number of nitrogens with zero attached hydrogens (tertiary/aromatic N) is 3. The SMILES string of the molecule is CC(C)c1ccc(-c2noc(CCC(=O)N3CCC(CN)C3)n2)cc1. The minimum Gasteiger partial charge on any atom is -0.342 e. The van der Waals surface area contributed by atoms with Crippen molar-refractivity contribution >= 4 is 5.91 Å². The molecule has 1 atom stereocenters.